The third-order valence-corrected chi connectivity index (χ3v) is 7.71. The summed E-state index contributed by atoms with van der Waals surface area (Å²) in [5, 5.41) is 3.79. The van der Waals surface area contributed by atoms with E-state index in [0.29, 0.717) is 15.6 Å². The average molecular weight is 563 g/mol. The lowest BCUT2D eigenvalue weighted by molar-refractivity contribution is -0.141. The lowest BCUT2D eigenvalue weighted by Crippen LogP contribution is -2.52. The van der Waals surface area contributed by atoms with Crippen LogP contribution in [0.4, 0.5) is 0 Å². The van der Waals surface area contributed by atoms with E-state index in [1.807, 2.05) is 60.7 Å². The summed E-state index contributed by atoms with van der Waals surface area (Å²) in [5.74, 6) is -0.876. The third-order valence-electron chi connectivity index (χ3n) is 5.86. The molecule has 0 fully saturated rings. The van der Waals surface area contributed by atoms with E-state index in [2.05, 4.69) is 5.32 Å². The number of benzene rings is 3. The zero-order valence-corrected chi connectivity index (χ0v) is 22.9. The minimum absolute atomic E-state index is 0.129. The van der Waals surface area contributed by atoms with Gasteiger partial charge in [0.2, 0.25) is 21.8 Å². The van der Waals surface area contributed by atoms with Gasteiger partial charge in [-0.2, -0.15) is 4.31 Å². The summed E-state index contributed by atoms with van der Waals surface area (Å²) in [6, 6.07) is 22.7. The average Bonchev–Trinajstić information content (AvgIpc) is 2.86. The highest BCUT2D eigenvalue weighted by Gasteiger charge is 2.32. The van der Waals surface area contributed by atoms with Gasteiger partial charge in [0.05, 0.1) is 12.8 Å². The van der Waals surface area contributed by atoms with Crippen molar-refractivity contribution in [3.63, 3.8) is 0 Å². The minimum atomic E-state index is -3.60. The van der Waals surface area contributed by atoms with Gasteiger partial charge in [0.1, 0.15) is 6.04 Å². The Bertz CT molecular complexity index is 1320. The fourth-order valence-electron chi connectivity index (χ4n) is 3.70. The second-order valence-electron chi connectivity index (χ2n) is 8.69. The summed E-state index contributed by atoms with van der Waals surface area (Å²) in [6.07, 6.45) is 1.27. The SMILES string of the molecule is CN(CC(=O)N(Cc1ccccc1)C(Cc1ccccc1)C(=O)NCc1ccc(Cl)cc1Cl)S(C)(=O)=O. The summed E-state index contributed by atoms with van der Waals surface area (Å²) < 4.78 is 25.0. The zero-order valence-electron chi connectivity index (χ0n) is 20.6. The summed E-state index contributed by atoms with van der Waals surface area (Å²) in [5.41, 5.74) is 2.34. The minimum Gasteiger partial charge on any atom is -0.350 e. The molecule has 0 bridgehead atoms. The van der Waals surface area contributed by atoms with Crippen molar-refractivity contribution >= 4 is 45.0 Å². The lowest BCUT2D eigenvalue weighted by atomic mass is 10.0. The van der Waals surface area contributed by atoms with Gasteiger partial charge in [-0.3, -0.25) is 9.59 Å². The van der Waals surface area contributed by atoms with Gasteiger partial charge in [-0.1, -0.05) is 89.9 Å². The van der Waals surface area contributed by atoms with Crippen LogP contribution in [-0.4, -0.2) is 55.3 Å². The van der Waals surface area contributed by atoms with Crippen LogP contribution in [0, 0.1) is 0 Å². The first kappa shape index (κ1) is 28.7. The number of amides is 2. The largest absolute Gasteiger partial charge is 0.350 e. The van der Waals surface area contributed by atoms with Crippen LogP contribution < -0.4 is 5.32 Å². The number of halogens is 2. The van der Waals surface area contributed by atoms with Crippen LogP contribution in [0.15, 0.2) is 78.9 Å². The number of rotatable bonds is 11. The highest BCUT2D eigenvalue weighted by Crippen LogP contribution is 2.21. The molecule has 196 valence electrons. The van der Waals surface area contributed by atoms with Crippen LogP contribution in [0.1, 0.15) is 16.7 Å². The number of nitrogens with one attached hydrogen (secondary N) is 1. The molecule has 3 rings (SSSR count). The van der Waals surface area contributed by atoms with E-state index in [1.54, 1.807) is 18.2 Å². The summed E-state index contributed by atoms with van der Waals surface area (Å²) in [6.45, 7) is -0.131. The van der Waals surface area contributed by atoms with E-state index in [9.17, 15) is 18.0 Å². The molecule has 2 amide bonds. The Morgan fingerprint density at radius 1 is 0.919 bits per heavy atom. The molecule has 0 saturated heterocycles. The highest BCUT2D eigenvalue weighted by atomic mass is 35.5. The van der Waals surface area contributed by atoms with E-state index >= 15 is 0 Å². The van der Waals surface area contributed by atoms with Crippen molar-refractivity contribution in [3.05, 3.63) is 106 Å². The molecule has 0 radical (unpaired) electrons. The van der Waals surface area contributed by atoms with Gasteiger partial charge in [-0.05, 0) is 28.8 Å². The predicted molar refractivity (Wildman–Crippen MR) is 147 cm³/mol. The number of hydrogen-bond acceptors (Lipinski definition) is 4. The molecule has 0 spiro atoms. The Labute approximate surface area is 228 Å². The molecule has 37 heavy (non-hydrogen) atoms. The Hall–Kier alpha value is -2.91. The lowest BCUT2D eigenvalue weighted by Gasteiger charge is -2.32. The molecule has 3 aromatic carbocycles. The van der Waals surface area contributed by atoms with Gasteiger partial charge in [-0.25, -0.2) is 8.42 Å². The first-order valence-corrected chi connectivity index (χ1v) is 14.2. The molecule has 7 nitrogen and oxygen atoms in total. The number of likely N-dealkylation sites (N-methyl/N-ethyl adjacent to an activating group) is 1. The zero-order chi connectivity index (χ0) is 27.0. The van der Waals surface area contributed by atoms with Gasteiger partial charge in [-0.15, -0.1) is 0 Å². The molecule has 3 aromatic rings. The second-order valence-corrected chi connectivity index (χ2v) is 11.6. The van der Waals surface area contributed by atoms with E-state index in [4.69, 9.17) is 23.2 Å². The first-order valence-electron chi connectivity index (χ1n) is 11.5. The normalized spacial score (nSPS) is 12.2. The van der Waals surface area contributed by atoms with E-state index < -0.39 is 28.5 Å². The van der Waals surface area contributed by atoms with Crippen molar-refractivity contribution in [1.29, 1.82) is 0 Å². The fourth-order valence-corrected chi connectivity index (χ4v) is 4.52. The Kier molecular flexibility index (Phi) is 10.1. The maximum absolute atomic E-state index is 13.6. The number of nitrogens with zero attached hydrogens (tertiary/aromatic N) is 2. The van der Waals surface area contributed by atoms with Crippen LogP contribution in [-0.2, 0) is 39.1 Å². The Balaban J connectivity index is 1.94. The predicted octanol–water partition coefficient (Wildman–Crippen LogP) is 4.14. The molecule has 0 heterocycles. The van der Waals surface area contributed by atoms with E-state index in [1.165, 1.54) is 11.9 Å². The molecule has 10 heteroatoms. The molecule has 1 N–H and O–H groups in total. The van der Waals surface area contributed by atoms with Crippen molar-refractivity contribution in [2.45, 2.75) is 25.6 Å². The van der Waals surface area contributed by atoms with Gasteiger partial charge in [0.15, 0.2) is 0 Å². The Morgan fingerprint density at radius 2 is 1.51 bits per heavy atom. The van der Waals surface area contributed by atoms with Crippen molar-refractivity contribution in [1.82, 2.24) is 14.5 Å². The van der Waals surface area contributed by atoms with Gasteiger partial charge in [0, 0.05) is 36.6 Å². The van der Waals surface area contributed by atoms with Crippen LogP contribution in [0.3, 0.4) is 0 Å². The maximum atomic E-state index is 13.6. The molecule has 0 aliphatic carbocycles. The monoisotopic (exact) mass is 561 g/mol. The molecular formula is C27H29Cl2N3O4S. The summed E-state index contributed by atoms with van der Waals surface area (Å²) >= 11 is 12.3. The number of carbonyl (C=O) groups excluding carboxylic acids is 2. The first-order chi connectivity index (χ1) is 17.5. The number of hydrogen-bond donors (Lipinski definition) is 1. The Morgan fingerprint density at radius 3 is 2.08 bits per heavy atom. The van der Waals surface area contributed by atoms with E-state index in [-0.39, 0.29) is 25.4 Å². The fraction of sp³-hybridized carbons (Fsp3) is 0.259. The van der Waals surface area contributed by atoms with Crippen molar-refractivity contribution in [3.8, 4) is 0 Å². The quantitative estimate of drug-likeness (QED) is 0.381. The third kappa shape index (κ3) is 8.57. The molecule has 0 aliphatic heterocycles. The molecule has 1 atom stereocenters. The maximum Gasteiger partial charge on any atom is 0.243 e. The second kappa shape index (κ2) is 13.1. The molecule has 0 aromatic heterocycles. The van der Waals surface area contributed by atoms with Crippen molar-refractivity contribution in [2.75, 3.05) is 19.8 Å². The summed E-state index contributed by atoms with van der Waals surface area (Å²) in [7, 11) is -2.27. The highest BCUT2D eigenvalue weighted by molar-refractivity contribution is 7.88. The smallest absolute Gasteiger partial charge is 0.243 e. The van der Waals surface area contributed by atoms with Gasteiger partial charge in [0.25, 0.3) is 0 Å². The van der Waals surface area contributed by atoms with Gasteiger partial charge >= 0.3 is 0 Å². The number of sulfonamides is 1. The molecule has 0 saturated carbocycles. The van der Waals surface area contributed by atoms with Crippen molar-refractivity contribution < 1.29 is 18.0 Å². The topological polar surface area (TPSA) is 86.8 Å². The molecular weight excluding hydrogens is 533 g/mol. The van der Waals surface area contributed by atoms with E-state index in [0.717, 1.165) is 21.7 Å². The molecule has 0 aliphatic rings. The van der Waals surface area contributed by atoms with Crippen LogP contribution in [0.5, 0.6) is 0 Å². The van der Waals surface area contributed by atoms with Crippen LogP contribution in [0.25, 0.3) is 0 Å². The molecule has 1 unspecified atom stereocenters. The van der Waals surface area contributed by atoms with Crippen molar-refractivity contribution in [2.24, 2.45) is 0 Å². The van der Waals surface area contributed by atoms with Crippen LogP contribution >= 0.6 is 23.2 Å². The van der Waals surface area contributed by atoms with Crippen LogP contribution in [0.2, 0.25) is 10.0 Å². The standard InChI is InChI=1S/C27H29Cl2N3O4S/c1-31(37(2,35)36)19-26(33)32(18-21-11-7-4-8-12-21)25(15-20-9-5-3-6-10-20)27(34)30-17-22-13-14-23(28)16-24(22)29/h3-14,16,25H,15,17-19H2,1-2H3,(H,30,34). The number of carbonyl (C=O) groups is 2. The van der Waals surface area contributed by atoms with Gasteiger partial charge < -0.3 is 10.2 Å². The summed E-state index contributed by atoms with van der Waals surface area (Å²) in [4.78, 5) is 28.6.